The van der Waals surface area contributed by atoms with Gasteiger partial charge in [-0.1, -0.05) is 36.4 Å². The van der Waals surface area contributed by atoms with Crippen molar-refractivity contribution in [1.82, 2.24) is 9.78 Å². The topological polar surface area (TPSA) is 53.4 Å². The fourth-order valence-electron chi connectivity index (χ4n) is 3.75. The summed E-state index contributed by atoms with van der Waals surface area (Å²) in [5, 5.41) is 4.43. The number of benzene rings is 2. The molecule has 5 heteroatoms. The Hall–Kier alpha value is -2.92. The highest BCUT2D eigenvalue weighted by Crippen LogP contribution is 2.27. The van der Waals surface area contributed by atoms with E-state index < -0.39 is 0 Å². The first kappa shape index (κ1) is 19.4. The smallest absolute Gasteiger partial charge is 0.272 e. The Balaban J connectivity index is 1.56. The summed E-state index contributed by atoms with van der Waals surface area (Å²) < 4.78 is 13.1. The molecule has 150 valence electrons. The third-order valence-corrected chi connectivity index (χ3v) is 5.40. The summed E-state index contributed by atoms with van der Waals surface area (Å²) in [6, 6.07) is 16.0. The predicted molar refractivity (Wildman–Crippen MR) is 113 cm³/mol. The molecule has 2 heterocycles. The van der Waals surface area contributed by atoms with Gasteiger partial charge in [-0.3, -0.25) is 4.79 Å². The fourth-order valence-corrected chi connectivity index (χ4v) is 3.75. The van der Waals surface area contributed by atoms with Gasteiger partial charge in [-0.2, -0.15) is 5.10 Å². The lowest BCUT2D eigenvalue weighted by Gasteiger charge is -2.24. The summed E-state index contributed by atoms with van der Waals surface area (Å²) in [5.74, 6) is 0.850. The van der Waals surface area contributed by atoms with Crippen molar-refractivity contribution in [3.8, 4) is 16.9 Å². The number of hydrogen-bond donors (Lipinski definition) is 0. The molecule has 0 aliphatic carbocycles. The van der Waals surface area contributed by atoms with Crippen LogP contribution in [0.25, 0.3) is 11.1 Å². The number of para-hydroxylation sites is 1. The quantitative estimate of drug-likeness (QED) is 0.628. The van der Waals surface area contributed by atoms with Crippen LogP contribution in [-0.4, -0.2) is 16.4 Å². The molecule has 3 aromatic rings. The minimum Gasteiger partial charge on any atom is -0.489 e. The van der Waals surface area contributed by atoms with E-state index in [1.165, 1.54) is 4.68 Å². The molecule has 1 saturated heterocycles. The number of ether oxygens (including phenoxy) is 2. The minimum absolute atomic E-state index is 0.0784. The highest BCUT2D eigenvalue weighted by molar-refractivity contribution is 5.69. The normalized spacial score (nSPS) is 16.6. The average molecular weight is 390 g/mol. The fraction of sp³-hybridized carbons (Fsp3) is 0.333. The maximum Gasteiger partial charge on any atom is 0.272 e. The maximum atomic E-state index is 12.9. The van der Waals surface area contributed by atoms with Gasteiger partial charge in [-0.25, -0.2) is 4.68 Å². The maximum absolute atomic E-state index is 12.9. The van der Waals surface area contributed by atoms with Gasteiger partial charge in [-0.05, 0) is 61.9 Å². The molecule has 29 heavy (non-hydrogen) atoms. The number of aryl methyl sites for hydroxylation is 1. The molecule has 0 saturated carbocycles. The van der Waals surface area contributed by atoms with E-state index in [9.17, 15) is 4.79 Å². The number of rotatable bonds is 5. The summed E-state index contributed by atoms with van der Waals surface area (Å²) in [4.78, 5) is 12.9. The summed E-state index contributed by atoms with van der Waals surface area (Å²) >= 11 is 0. The molecule has 0 N–H and O–H groups in total. The summed E-state index contributed by atoms with van der Waals surface area (Å²) in [7, 11) is 0. The zero-order valence-electron chi connectivity index (χ0n) is 16.9. The molecule has 1 fully saturated rings. The molecule has 0 spiro atoms. The third-order valence-electron chi connectivity index (χ3n) is 5.40. The molecule has 1 atom stereocenters. The van der Waals surface area contributed by atoms with Gasteiger partial charge in [0.15, 0.2) is 6.23 Å². The van der Waals surface area contributed by atoms with Crippen molar-refractivity contribution in [2.24, 2.45) is 0 Å². The first-order valence-electron chi connectivity index (χ1n) is 10.1. The van der Waals surface area contributed by atoms with Gasteiger partial charge < -0.3 is 9.47 Å². The molecule has 1 aliphatic rings. The number of hydrogen-bond acceptors (Lipinski definition) is 4. The molecule has 4 rings (SSSR count). The van der Waals surface area contributed by atoms with Crippen LogP contribution in [0.3, 0.4) is 0 Å². The highest BCUT2D eigenvalue weighted by atomic mass is 16.5. The van der Waals surface area contributed by atoms with Crippen LogP contribution >= 0.6 is 0 Å². The van der Waals surface area contributed by atoms with Crippen molar-refractivity contribution in [1.29, 1.82) is 0 Å². The van der Waals surface area contributed by atoms with Crippen LogP contribution in [0.2, 0.25) is 0 Å². The molecule has 0 amide bonds. The van der Waals surface area contributed by atoms with Gasteiger partial charge in [0.1, 0.15) is 12.4 Å². The number of aromatic nitrogens is 2. The average Bonchev–Trinajstić information content (AvgIpc) is 2.76. The Bertz CT molecular complexity index is 1040. The first-order chi connectivity index (χ1) is 14.1. The largest absolute Gasteiger partial charge is 0.489 e. The van der Waals surface area contributed by atoms with E-state index in [2.05, 4.69) is 18.1 Å². The lowest BCUT2D eigenvalue weighted by atomic mass is 9.97. The Kier molecular flexibility index (Phi) is 5.76. The van der Waals surface area contributed by atoms with Crippen LogP contribution in [0, 0.1) is 13.8 Å². The Labute approximate surface area is 170 Å². The van der Waals surface area contributed by atoms with E-state index in [1.54, 1.807) is 6.20 Å². The minimum atomic E-state index is -0.248. The van der Waals surface area contributed by atoms with Crippen LogP contribution in [0.15, 0.2) is 59.5 Å². The number of nitrogens with zero attached hydrogens (tertiary/aromatic N) is 2. The van der Waals surface area contributed by atoms with E-state index in [-0.39, 0.29) is 11.8 Å². The second-order valence-electron chi connectivity index (χ2n) is 7.51. The summed E-state index contributed by atoms with van der Waals surface area (Å²) in [6.45, 7) is 5.11. The molecule has 1 unspecified atom stereocenters. The van der Waals surface area contributed by atoms with Gasteiger partial charge in [-0.15, -0.1) is 0 Å². The van der Waals surface area contributed by atoms with Crippen molar-refractivity contribution in [2.75, 3.05) is 6.61 Å². The Morgan fingerprint density at radius 2 is 1.93 bits per heavy atom. The van der Waals surface area contributed by atoms with Crippen LogP contribution in [0.1, 0.15) is 42.2 Å². The van der Waals surface area contributed by atoms with Gasteiger partial charge in [0.25, 0.3) is 5.56 Å². The van der Waals surface area contributed by atoms with Crippen molar-refractivity contribution in [2.45, 2.75) is 45.9 Å². The van der Waals surface area contributed by atoms with Gasteiger partial charge in [0.05, 0.1) is 6.20 Å². The first-order valence-corrected chi connectivity index (χ1v) is 10.1. The van der Waals surface area contributed by atoms with E-state index in [0.717, 1.165) is 47.3 Å². The second-order valence-corrected chi connectivity index (χ2v) is 7.51. The molecule has 1 aromatic heterocycles. The lowest BCUT2D eigenvalue weighted by Crippen LogP contribution is -2.32. The van der Waals surface area contributed by atoms with Crippen LogP contribution < -0.4 is 10.3 Å². The zero-order valence-corrected chi connectivity index (χ0v) is 16.9. The van der Waals surface area contributed by atoms with Crippen LogP contribution in [0.5, 0.6) is 5.75 Å². The summed E-state index contributed by atoms with van der Waals surface area (Å²) in [6.07, 6.45) is 4.48. The Morgan fingerprint density at radius 1 is 1.10 bits per heavy atom. The molecule has 0 bridgehead atoms. The molecular formula is C24H26N2O3. The van der Waals surface area contributed by atoms with Crippen molar-refractivity contribution in [3.05, 3.63) is 81.8 Å². The van der Waals surface area contributed by atoms with Crippen LogP contribution in [0.4, 0.5) is 0 Å². The molecule has 5 nitrogen and oxygen atoms in total. The predicted octanol–water partition coefficient (Wildman–Crippen LogP) is 4.81. The van der Waals surface area contributed by atoms with E-state index >= 15 is 0 Å². The standard InChI is InChI=1S/C24H26N2O3/c1-17-14-19(16-29-20-8-4-3-5-9-20)11-12-21(17)22-15-25-26(24(27)18(22)2)23-10-6-7-13-28-23/h3-5,8-9,11-12,14-15,23H,6-7,10,13,16H2,1-2H3. The van der Waals surface area contributed by atoms with Gasteiger partial charge in [0, 0.05) is 17.7 Å². The second kappa shape index (κ2) is 8.62. The van der Waals surface area contributed by atoms with E-state index in [1.807, 2.05) is 49.4 Å². The molecule has 2 aromatic carbocycles. The van der Waals surface area contributed by atoms with Gasteiger partial charge in [0.2, 0.25) is 0 Å². The summed E-state index contributed by atoms with van der Waals surface area (Å²) in [5.41, 5.74) is 4.69. The van der Waals surface area contributed by atoms with Crippen LogP contribution in [-0.2, 0) is 11.3 Å². The molecular weight excluding hydrogens is 364 g/mol. The third kappa shape index (κ3) is 4.25. The SMILES string of the molecule is Cc1cc(COc2ccccc2)ccc1-c1cnn(C2CCCCO2)c(=O)c1C. The highest BCUT2D eigenvalue weighted by Gasteiger charge is 2.20. The zero-order chi connectivity index (χ0) is 20.2. The molecule has 1 aliphatic heterocycles. The van der Waals surface area contributed by atoms with Crippen molar-refractivity contribution in [3.63, 3.8) is 0 Å². The Morgan fingerprint density at radius 3 is 2.66 bits per heavy atom. The van der Waals surface area contributed by atoms with E-state index in [0.29, 0.717) is 18.8 Å². The molecule has 0 radical (unpaired) electrons. The van der Waals surface area contributed by atoms with Crippen molar-refractivity contribution >= 4 is 0 Å². The monoisotopic (exact) mass is 390 g/mol. The lowest BCUT2D eigenvalue weighted by molar-refractivity contribution is -0.0425. The van der Waals surface area contributed by atoms with Gasteiger partial charge >= 0.3 is 0 Å². The van der Waals surface area contributed by atoms with Crippen molar-refractivity contribution < 1.29 is 9.47 Å². The van der Waals surface area contributed by atoms with E-state index in [4.69, 9.17) is 9.47 Å².